The van der Waals surface area contributed by atoms with Crippen LogP contribution in [-0.2, 0) is 6.42 Å². The monoisotopic (exact) mass is 394 g/mol. The minimum atomic E-state index is -1.33. The summed E-state index contributed by atoms with van der Waals surface area (Å²) in [5.74, 6) is -0.0307. The third-order valence-electron chi connectivity index (χ3n) is 7.60. The smallest absolute Gasteiger partial charge is 0.194 e. The molecule has 3 heteroatoms. The molecule has 2 fully saturated rings. The second-order valence-corrected chi connectivity index (χ2v) is 9.43. The van der Waals surface area contributed by atoms with E-state index in [9.17, 15) is 13.2 Å². The molecule has 0 N–H and O–H groups in total. The van der Waals surface area contributed by atoms with Gasteiger partial charge in [0.15, 0.2) is 17.5 Å². The molecule has 0 spiro atoms. The van der Waals surface area contributed by atoms with Crippen molar-refractivity contribution in [1.82, 2.24) is 0 Å². The molecule has 0 aromatic heterocycles. The van der Waals surface area contributed by atoms with Crippen LogP contribution in [0.25, 0.3) is 0 Å². The maximum atomic E-state index is 13.8. The van der Waals surface area contributed by atoms with Gasteiger partial charge in [-0.25, -0.2) is 13.2 Å². The van der Waals surface area contributed by atoms with Gasteiger partial charge in [0.2, 0.25) is 0 Å². The fraction of sp³-hybridized carbons (Fsp3) is 0.760. The van der Waals surface area contributed by atoms with Crippen LogP contribution >= 0.6 is 0 Å². The maximum absolute atomic E-state index is 13.8. The van der Waals surface area contributed by atoms with Gasteiger partial charge in [-0.2, -0.15) is 0 Å². The fourth-order valence-corrected chi connectivity index (χ4v) is 5.70. The van der Waals surface area contributed by atoms with E-state index in [0.717, 1.165) is 30.2 Å². The molecule has 0 aliphatic heterocycles. The molecule has 0 heterocycles. The topological polar surface area (TPSA) is 0 Å². The van der Waals surface area contributed by atoms with Crippen LogP contribution in [0.1, 0.15) is 96.0 Å². The van der Waals surface area contributed by atoms with Crippen molar-refractivity contribution in [3.8, 4) is 0 Å². The predicted octanol–water partition coefficient (Wildman–Crippen LogP) is 8.23. The molecule has 2 aliphatic rings. The highest BCUT2D eigenvalue weighted by Gasteiger charge is 2.30. The summed E-state index contributed by atoms with van der Waals surface area (Å²) in [5, 5.41) is 0. The number of rotatable bonds is 8. The number of hydrogen-bond donors (Lipinski definition) is 0. The van der Waals surface area contributed by atoms with Crippen molar-refractivity contribution in [2.45, 2.75) is 96.8 Å². The Bertz CT molecular complexity index is 596. The number of halogens is 3. The highest BCUT2D eigenvalue weighted by Crippen LogP contribution is 2.43. The quantitative estimate of drug-likeness (QED) is 0.308. The zero-order valence-electron chi connectivity index (χ0n) is 17.5. The van der Waals surface area contributed by atoms with Gasteiger partial charge in [0.1, 0.15) is 0 Å². The third kappa shape index (κ3) is 5.76. The third-order valence-corrected chi connectivity index (χ3v) is 7.60. The van der Waals surface area contributed by atoms with Gasteiger partial charge in [0, 0.05) is 0 Å². The molecule has 158 valence electrons. The molecule has 0 atom stereocenters. The maximum Gasteiger partial charge on any atom is 0.194 e. The Labute approximate surface area is 169 Å². The summed E-state index contributed by atoms with van der Waals surface area (Å²) < 4.78 is 40.3. The molecule has 2 saturated carbocycles. The first-order chi connectivity index (χ1) is 13.6. The van der Waals surface area contributed by atoms with E-state index in [1.165, 1.54) is 83.1 Å². The molecule has 0 saturated heterocycles. The molecule has 1 aromatic carbocycles. The molecule has 0 nitrogen and oxygen atoms in total. The van der Waals surface area contributed by atoms with Gasteiger partial charge < -0.3 is 0 Å². The van der Waals surface area contributed by atoms with E-state index >= 15 is 0 Å². The lowest BCUT2D eigenvalue weighted by Crippen LogP contribution is -2.26. The second-order valence-electron chi connectivity index (χ2n) is 9.43. The average Bonchev–Trinajstić information content (AvgIpc) is 2.73. The Morgan fingerprint density at radius 3 is 1.86 bits per heavy atom. The van der Waals surface area contributed by atoms with Crippen molar-refractivity contribution < 1.29 is 13.2 Å². The fourth-order valence-electron chi connectivity index (χ4n) is 5.70. The SMILES string of the molecule is CCCCC[C@H]1CC[C@H](C2CCC(CCc3ccc(F)c(F)c3F)CC2)CC1. The average molecular weight is 395 g/mol. The van der Waals surface area contributed by atoms with Crippen molar-refractivity contribution in [1.29, 1.82) is 0 Å². The van der Waals surface area contributed by atoms with Gasteiger partial charge >= 0.3 is 0 Å². The van der Waals surface area contributed by atoms with Gasteiger partial charge in [-0.15, -0.1) is 0 Å². The van der Waals surface area contributed by atoms with E-state index in [1.807, 2.05) is 0 Å². The van der Waals surface area contributed by atoms with Crippen LogP contribution in [0.5, 0.6) is 0 Å². The van der Waals surface area contributed by atoms with E-state index < -0.39 is 17.5 Å². The lowest BCUT2D eigenvalue weighted by atomic mass is 9.68. The van der Waals surface area contributed by atoms with Crippen molar-refractivity contribution in [2.75, 3.05) is 0 Å². The van der Waals surface area contributed by atoms with Gasteiger partial charge in [-0.1, -0.05) is 64.4 Å². The van der Waals surface area contributed by atoms with Crippen molar-refractivity contribution in [3.63, 3.8) is 0 Å². The lowest BCUT2D eigenvalue weighted by Gasteiger charge is -2.38. The van der Waals surface area contributed by atoms with E-state index in [2.05, 4.69) is 6.92 Å². The Morgan fingerprint density at radius 2 is 1.29 bits per heavy atom. The molecule has 0 unspecified atom stereocenters. The Morgan fingerprint density at radius 1 is 0.714 bits per heavy atom. The van der Waals surface area contributed by atoms with Crippen molar-refractivity contribution in [3.05, 3.63) is 35.1 Å². The van der Waals surface area contributed by atoms with Crippen LogP contribution in [0.4, 0.5) is 13.2 Å². The van der Waals surface area contributed by atoms with Crippen molar-refractivity contribution in [2.24, 2.45) is 23.7 Å². The number of hydrogen-bond acceptors (Lipinski definition) is 0. The Kier molecular flexibility index (Phi) is 8.29. The van der Waals surface area contributed by atoms with Gasteiger partial charge in [-0.05, 0) is 73.8 Å². The largest absolute Gasteiger partial charge is 0.204 e. The summed E-state index contributed by atoms with van der Waals surface area (Å²) in [7, 11) is 0. The highest BCUT2D eigenvalue weighted by molar-refractivity contribution is 5.20. The van der Waals surface area contributed by atoms with Gasteiger partial charge in [0.05, 0.1) is 0 Å². The first-order valence-corrected chi connectivity index (χ1v) is 11.7. The van der Waals surface area contributed by atoms with Crippen molar-refractivity contribution >= 4 is 0 Å². The zero-order chi connectivity index (χ0) is 19.9. The first-order valence-electron chi connectivity index (χ1n) is 11.7. The highest BCUT2D eigenvalue weighted by atomic mass is 19.2. The normalized spacial score (nSPS) is 28.4. The summed E-state index contributed by atoms with van der Waals surface area (Å²) in [6.07, 6.45) is 17.7. The summed E-state index contributed by atoms with van der Waals surface area (Å²) in [4.78, 5) is 0. The summed E-state index contributed by atoms with van der Waals surface area (Å²) >= 11 is 0. The van der Waals surface area contributed by atoms with Crippen LogP contribution < -0.4 is 0 Å². The molecule has 1 aromatic rings. The summed E-state index contributed by atoms with van der Waals surface area (Å²) in [5.41, 5.74) is 0.322. The minimum Gasteiger partial charge on any atom is -0.204 e. The van der Waals surface area contributed by atoms with Gasteiger partial charge in [-0.3, -0.25) is 0 Å². The van der Waals surface area contributed by atoms with Crippen LogP contribution in [0.3, 0.4) is 0 Å². The molecular weight excluding hydrogens is 357 g/mol. The zero-order valence-corrected chi connectivity index (χ0v) is 17.5. The standard InChI is InChI=1S/C25H37F3/c1-2-3-4-5-18-6-11-20(12-7-18)21-13-8-19(9-14-21)10-15-22-16-17-23(26)25(28)24(22)27/h16-21H,2-15H2,1H3/t18-,19?,20-,21?. The van der Waals surface area contributed by atoms with E-state index in [1.54, 1.807) is 0 Å². The Balaban J connectivity index is 1.37. The number of unbranched alkanes of at least 4 members (excludes halogenated alkanes) is 2. The van der Waals surface area contributed by atoms with Crippen LogP contribution in [0.2, 0.25) is 0 Å². The van der Waals surface area contributed by atoms with E-state index in [0.29, 0.717) is 17.9 Å². The number of aryl methyl sites for hydroxylation is 1. The van der Waals surface area contributed by atoms with E-state index in [-0.39, 0.29) is 0 Å². The van der Waals surface area contributed by atoms with E-state index in [4.69, 9.17) is 0 Å². The summed E-state index contributed by atoms with van der Waals surface area (Å²) in [6.45, 7) is 2.28. The molecule has 0 bridgehead atoms. The molecule has 2 aliphatic carbocycles. The molecule has 3 rings (SSSR count). The molecule has 0 amide bonds. The lowest BCUT2D eigenvalue weighted by molar-refractivity contribution is 0.140. The van der Waals surface area contributed by atoms with Gasteiger partial charge in [0.25, 0.3) is 0 Å². The van der Waals surface area contributed by atoms with Crippen LogP contribution in [0, 0.1) is 41.1 Å². The molecular formula is C25H37F3. The second kappa shape index (κ2) is 10.7. The Hall–Kier alpha value is -0.990. The first kappa shape index (κ1) is 21.7. The predicted molar refractivity (Wildman–Crippen MR) is 110 cm³/mol. The summed E-state index contributed by atoms with van der Waals surface area (Å²) in [6, 6.07) is 2.45. The van der Waals surface area contributed by atoms with Crippen LogP contribution in [0.15, 0.2) is 12.1 Å². The van der Waals surface area contributed by atoms with Crippen LogP contribution in [-0.4, -0.2) is 0 Å². The molecule has 28 heavy (non-hydrogen) atoms. The number of benzene rings is 1. The molecule has 0 radical (unpaired) electrons. The minimum absolute atomic E-state index is 0.322.